The Hall–Kier alpha value is -0.720. The van der Waals surface area contributed by atoms with E-state index in [9.17, 15) is 8.42 Å². The molecular weight excluding hydrogens is 304 g/mol. The highest BCUT2D eigenvalue weighted by molar-refractivity contribution is 8.00. The quantitative estimate of drug-likeness (QED) is 0.872. The van der Waals surface area contributed by atoms with Gasteiger partial charge in [-0.2, -0.15) is 11.8 Å². The Morgan fingerprint density at radius 3 is 2.24 bits per heavy atom. The number of rotatable bonds is 6. The molecule has 0 aliphatic heterocycles. The molecule has 118 valence electrons. The third kappa shape index (κ3) is 3.73. The smallest absolute Gasteiger partial charge is 0.242 e. The lowest BCUT2D eigenvalue weighted by molar-refractivity contribution is 0.521. The third-order valence-corrected chi connectivity index (χ3v) is 7.44. The number of nitrogens with zero attached hydrogens (tertiary/aromatic N) is 1. The predicted octanol–water partition coefficient (Wildman–Crippen LogP) is 3.02. The van der Waals surface area contributed by atoms with E-state index < -0.39 is 10.0 Å². The van der Waals surface area contributed by atoms with E-state index in [2.05, 4.69) is 11.6 Å². The van der Waals surface area contributed by atoms with Crippen LogP contribution in [0.4, 0.5) is 5.69 Å². The van der Waals surface area contributed by atoms with Gasteiger partial charge in [-0.3, -0.25) is 0 Å². The Labute approximate surface area is 132 Å². The van der Waals surface area contributed by atoms with Crippen molar-refractivity contribution in [2.24, 2.45) is 0 Å². The zero-order chi connectivity index (χ0) is 15.5. The van der Waals surface area contributed by atoms with Crippen LogP contribution in [0.15, 0.2) is 29.2 Å². The van der Waals surface area contributed by atoms with Gasteiger partial charge in [-0.25, -0.2) is 12.7 Å². The number of sulfonamides is 1. The van der Waals surface area contributed by atoms with Crippen molar-refractivity contribution in [1.82, 2.24) is 4.31 Å². The Balaban J connectivity index is 2.03. The molecule has 1 aliphatic carbocycles. The van der Waals surface area contributed by atoms with Crippen molar-refractivity contribution in [2.75, 3.05) is 32.2 Å². The summed E-state index contributed by atoms with van der Waals surface area (Å²) < 4.78 is 25.6. The van der Waals surface area contributed by atoms with Gasteiger partial charge in [0.15, 0.2) is 0 Å². The molecule has 1 aliphatic rings. The van der Waals surface area contributed by atoms with Crippen LogP contribution >= 0.6 is 11.8 Å². The van der Waals surface area contributed by atoms with Crippen LogP contribution in [0, 0.1) is 0 Å². The van der Waals surface area contributed by atoms with E-state index in [1.165, 1.54) is 30.0 Å². The topological polar surface area (TPSA) is 49.4 Å². The van der Waals surface area contributed by atoms with Crippen LogP contribution in [-0.4, -0.2) is 44.4 Å². The molecule has 1 aromatic carbocycles. The maximum Gasteiger partial charge on any atom is 0.242 e. The summed E-state index contributed by atoms with van der Waals surface area (Å²) in [5.41, 5.74) is 0.980. The number of hydrogen-bond acceptors (Lipinski definition) is 4. The standard InChI is InChI=1S/C15H24N2O2S2/c1-17(2)21(18,19)14-8-6-13(7-9-14)16-12-15(20-3)10-4-5-11-15/h6-9,16H,4-5,10-12H2,1-3H3. The highest BCUT2D eigenvalue weighted by Gasteiger charge is 2.32. The molecule has 0 aromatic heterocycles. The molecule has 0 saturated heterocycles. The zero-order valence-electron chi connectivity index (χ0n) is 12.9. The van der Waals surface area contributed by atoms with Crippen molar-refractivity contribution in [3.63, 3.8) is 0 Å². The minimum Gasteiger partial charge on any atom is -0.384 e. The van der Waals surface area contributed by atoms with E-state index in [4.69, 9.17) is 0 Å². The lowest BCUT2D eigenvalue weighted by atomic mass is 10.1. The Kier molecular flexibility index (Phi) is 5.22. The summed E-state index contributed by atoms with van der Waals surface area (Å²) >= 11 is 1.95. The fourth-order valence-corrected chi connectivity index (χ4v) is 4.51. The number of nitrogens with one attached hydrogen (secondary N) is 1. The second-order valence-electron chi connectivity index (χ2n) is 5.76. The molecule has 4 nitrogen and oxygen atoms in total. The Morgan fingerprint density at radius 1 is 1.19 bits per heavy atom. The SMILES string of the molecule is CSC1(CNc2ccc(S(=O)(=O)N(C)C)cc2)CCCC1. The van der Waals surface area contributed by atoms with Crippen molar-refractivity contribution in [2.45, 2.75) is 35.3 Å². The largest absolute Gasteiger partial charge is 0.384 e. The van der Waals surface area contributed by atoms with Crippen LogP contribution in [0.1, 0.15) is 25.7 Å². The molecule has 21 heavy (non-hydrogen) atoms. The van der Waals surface area contributed by atoms with Gasteiger partial charge in [0.1, 0.15) is 0 Å². The first-order valence-electron chi connectivity index (χ1n) is 7.21. The second-order valence-corrected chi connectivity index (χ2v) is 9.19. The van der Waals surface area contributed by atoms with Gasteiger partial charge < -0.3 is 5.32 Å². The Bertz CT molecular complexity index is 562. The van der Waals surface area contributed by atoms with E-state index in [1.807, 2.05) is 23.9 Å². The molecule has 1 fully saturated rings. The van der Waals surface area contributed by atoms with Gasteiger partial charge in [0.05, 0.1) is 4.90 Å². The normalized spacial score (nSPS) is 18.1. The van der Waals surface area contributed by atoms with Gasteiger partial charge in [0, 0.05) is 31.1 Å². The summed E-state index contributed by atoms with van der Waals surface area (Å²) in [6.45, 7) is 0.938. The van der Waals surface area contributed by atoms with E-state index in [0.717, 1.165) is 12.2 Å². The van der Waals surface area contributed by atoms with Crippen LogP contribution in [0.5, 0.6) is 0 Å². The van der Waals surface area contributed by atoms with Gasteiger partial charge in [0.2, 0.25) is 10.0 Å². The van der Waals surface area contributed by atoms with Gasteiger partial charge in [-0.05, 0) is 43.4 Å². The molecule has 0 unspecified atom stereocenters. The minimum atomic E-state index is -3.34. The zero-order valence-corrected chi connectivity index (χ0v) is 14.6. The maximum atomic E-state index is 12.0. The predicted molar refractivity (Wildman–Crippen MR) is 90.5 cm³/mol. The van der Waals surface area contributed by atoms with Crippen LogP contribution in [0.25, 0.3) is 0 Å². The summed E-state index contributed by atoms with van der Waals surface area (Å²) in [6.07, 6.45) is 7.31. The minimum absolute atomic E-state index is 0.332. The number of anilines is 1. The molecule has 1 N–H and O–H groups in total. The van der Waals surface area contributed by atoms with E-state index in [1.54, 1.807) is 26.2 Å². The first kappa shape index (κ1) is 16.6. The molecule has 0 atom stereocenters. The van der Waals surface area contributed by atoms with Crippen molar-refractivity contribution in [3.8, 4) is 0 Å². The van der Waals surface area contributed by atoms with Gasteiger partial charge in [-0.15, -0.1) is 0 Å². The third-order valence-electron chi connectivity index (χ3n) is 4.20. The number of thioether (sulfide) groups is 1. The van der Waals surface area contributed by atoms with Crippen LogP contribution < -0.4 is 5.32 Å². The summed E-state index contributed by atoms with van der Waals surface area (Å²) in [7, 11) is -0.249. The van der Waals surface area contributed by atoms with Crippen molar-refractivity contribution >= 4 is 27.5 Å². The maximum absolute atomic E-state index is 12.0. The molecule has 2 rings (SSSR count). The first-order chi connectivity index (χ1) is 9.89. The van der Waals surface area contributed by atoms with Gasteiger partial charge in [-0.1, -0.05) is 12.8 Å². The lowest BCUT2D eigenvalue weighted by Crippen LogP contribution is -2.30. The van der Waals surface area contributed by atoms with E-state index in [-0.39, 0.29) is 0 Å². The summed E-state index contributed by atoms with van der Waals surface area (Å²) in [4.78, 5) is 0.332. The van der Waals surface area contributed by atoms with Gasteiger partial charge >= 0.3 is 0 Å². The lowest BCUT2D eigenvalue weighted by Gasteiger charge is -2.27. The number of benzene rings is 1. The van der Waals surface area contributed by atoms with Crippen molar-refractivity contribution in [1.29, 1.82) is 0 Å². The first-order valence-corrected chi connectivity index (χ1v) is 9.88. The van der Waals surface area contributed by atoms with Crippen molar-refractivity contribution < 1.29 is 8.42 Å². The molecule has 0 heterocycles. The average molecular weight is 329 g/mol. The fourth-order valence-electron chi connectivity index (χ4n) is 2.69. The molecule has 0 radical (unpaired) electrons. The highest BCUT2D eigenvalue weighted by Crippen LogP contribution is 2.40. The van der Waals surface area contributed by atoms with Crippen LogP contribution in [0.3, 0.4) is 0 Å². The molecule has 6 heteroatoms. The summed E-state index contributed by atoms with van der Waals surface area (Å²) in [5.74, 6) is 0. The van der Waals surface area contributed by atoms with E-state index >= 15 is 0 Å². The van der Waals surface area contributed by atoms with Crippen molar-refractivity contribution in [3.05, 3.63) is 24.3 Å². The molecule has 1 aromatic rings. The molecule has 0 spiro atoms. The number of hydrogen-bond donors (Lipinski definition) is 1. The molecule has 0 bridgehead atoms. The molecule has 1 saturated carbocycles. The molecular formula is C15H24N2O2S2. The Morgan fingerprint density at radius 2 is 1.76 bits per heavy atom. The second kappa shape index (κ2) is 6.58. The summed E-state index contributed by atoms with van der Waals surface area (Å²) in [6, 6.07) is 7.02. The van der Waals surface area contributed by atoms with E-state index in [0.29, 0.717) is 9.64 Å². The highest BCUT2D eigenvalue weighted by atomic mass is 32.2. The average Bonchev–Trinajstić information content (AvgIpc) is 2.95. The fraction of sp³-hybridized carbons (Fsp3) is 0.600. The monoisotopic (exact) mass is 328 g/mol. The summed E-state index contributed by atoms with van der Waals surface area (Å²) in [5, 5.41) is 3.46. The van der Waals surface area contributed by atoms with Gasteiger partial charge in [0.25, 0.3) is 0 Å². The van der Waals surface area contributed by atoms with Crippen LogP contribution in [-0.2, 0) is 10.0 Å². The molecule has 0 amide bonds. The van der Waals surface area contributed by atoms with Crippen LogP contribution in [0.2, 0.25) is 0 Å².